The second-order valence-corrected chi connectivity index (χ2v) is 6.55. The number of nitrogens with two attached hydrogens (primary N) is 1. The molecule has 4 rings (SSSR count). The van der Waals surface area contributed by atoms with Gasteiger partial charge >= 0.3 is 0 Å². The van der Waals surface area contributed by atoms with Gasteiger partial charge in [-0.1, -0.05) is 25.0 Å². The van der Waals surface area contributed by atoms with Crippen LogP contribution in [0.1, 0.15) is 43.2 Å². The molecule has 4 N–H and O–H groups in total. The van der Waals surface area contributed by atoms with E-state index < -0.39 is 5.60 Å². The summed E-state index contributed by atoms with van der Waals surface area (Å²) in [6.45, 7) is 1.02. The highest BCUT2D eigenvalue weighted by atomic mass is 16.3. The fourth-order valence-corrected chi connectivity index (χ4v) is 4.98. The van der Waals surface area contributed by atoms with Gasteiger partial charge in [0.25, 0.3) is 0 Å². The summed E-state index contributed by atoms with van der Waals surface area (Å²) in [7, 11) is 0. The van der Waals surface area contributed by atoms with Crippen molar-refractivity contribution in [1.82, 2.24) is 5.32 Å². The third kappa shape index (κ3) is 1.30. The first-order valence-corrected chi connectivity index (χ1v) is 7.51. The minimum absolute atomic E-state index is 0.0515. The molecule has 1 aromatic rings. The van der Waals surface area contributed by atoms with Gasteiger partial charge < -0.3 is 16.2 Å². The number of piperidine rings is 1. The summed E-state index contributed by atoms with van der Waals surface area (Å²) in [5, 5.41) is 14.9. The molecule has 2 fully saturated rings. The molecule has 2 aliphatic carbocycles. The van der Waals surface area contributed by atoms with Gasteiger partial charge in [-0.05, 0) is 49.4 Å². The Balaban J connectivity index is 1.98. The van der Waals surface area contributed by atoms with Gasteiger partial charge in [0, 0.05) is 17.1 Å². The highest BCUT2D eigenvalue weighted by molar-refractivity contribution is 5.57. The molecular weight excluding hydrogens is 236 g/mol. The quantitative estimate of drug-likeness (QED) is 0.621. The minimum Gasteiger partial charge on any atom is -0.398 e. The van der Waals surface area contributed by atoms with Gasteiger partial charge in [0.05, 0.1) is 5.60 Å². The van der Waals surface area contributed by atoms with Crippen molar-refractivity contribution >= 4 is 5.69 Å². The Labute approximate surface area is 114 Å². The lowest BCUT2D eigenvalue weighted by atomic mass is 9.50. The van der Waals surface area contributed by atoms with Crippen LogP contribution in [-0.2, 0) is 11.8 Å². The first-order valence-electron chi connectivity index (χ1n) is 7.51. The van der Waals surface area contributed by atoms with E-state index in [9.17, 15) is 5.11 Å². The Kier molecular flexibility index (Phi) is 2.31. The highest BCUT2D eigenvalue weighted by Gasteiger charge is 2.61. The van der Waals surface area contributed by atoms with E-state index in [2.05, 4.69) is 17.4 Å². The normalized spacial score (nSPS) is 40.4. The summed E-state index contributed by atoms with van der Waals surface area (Å²) >= 11 is 0. The summed E-state index contributed by atoms with van der Waals surface area (Å²) in [4.78, 5) is 0. The van der Waals surface area contributed by atoms with Gasteiger partial charge in [-0.15, -0.1) is 0 Å². The molecule has 0 amide bonds. The maximum atomic E-state index is 11.4. The predicted molar refractivity (Wildman–Crippen MR) is 76.1 cm³/mol. The summed E-state index contributed by atoms with van der Waals surface area (Å²) < 4.78 is 0. The van der Waals surface area contributed by atoms with Crippen molar-refractivity contribution in [2.24, 2.45) is 0 Å². The summed E-state index contributed by atoms with van der Waals surface area (Å²) in [5.41, 5.74) is 9.11. The van der Waals surface area contributed by atoms with Crippen molar-refractivity contribution in [2.45, 2.75) is 55.6 Å². The van der Waals surface area contributed by atoms with Gasteiger partial charge in [-0.2, -0.15) is 0 Å². The Morgan fingerprint density at radius 2 is 2.05 bits per heavy atom. The van der Waals surface area contributed by atoms with Crippen molar-refractivity contribution < 1.29 is 5.11 Å². The highest BCUT2D eigenvalue weighted by Crippen LogP contribution is 2.56. The first-order chi connectivity index (χ1) is 9.17. The Morgan fingerprint density at radius 3 is 2.95 bits per heavy atom. The number of anilines is 1. The topological polar surface area (TPSA) is 58.3 Å². The zero-order valence-electron chi connectivity index (χ0n) is 11.3. The van der Waals surface area contributed by atoms with Crippen LogP contribution >= 0.6 is 0 Å². The van der Waals surface area contributed by atoms with Crippen molar-refractivity contribution in [3.05, 3.63) is 29.3 Å². The van der Waals surface area contributed by atoms with Gasteiger partial charge in [-0.25, -0.2) is 0 Å². The fraction of sp³-hybridized carbons (Fsp3) is 0.625. The van der Waals surface area contributed by atoms with Crippen LogP contribution in [0.25, 0.3) is 0 Å². The maximum Gasteiger partial charge on any atom is 0.0899 e. The van der Waals surface area contributed by atoms with Crippen LogP contribution in [-0.4, -0.2) is 23.3 Å². The van der Waals surface area contributed by atoms with E-state index in [1.54, 1.807) is 0 Å². The lowest BCUT2D eigenvalue weighted by Crippen LogP contribution is -2.71. The van der Waals surface area contributed by atoms with Gasteiger partial charge in [0.1, 0.15) is 0 Å². The molecule has 2 bridgehead atoms. The van der Waals surface area contributed by atoms with Crippen molar-refractivity contribution in [1.29, 1.82) is 0 Å². The molecule has 3 atom stereocenters. The lowest BCUT2D eigenvalue weighted by Gasteiger charge is -2.61. The smallest absolute Gasteiger partial charge is 0.0899 e. The molecular formula is C16H22N2O. The third-order valence-electron chi connectivity index (χ3n) is 5.90. The molecule has 1 saturated carbocycles. The van der Waals surface area contributed by atoms with Gasteiger partial charge in [0.15, 0.2) is 0 Å². The monoisotopic (exact) mass is 258 g/mol. The molecule has 3 heteroatoms. The van der Waals surface area contributed by atoms with Crippen LogP contribution in [0.3, 0.4) is 0 Å². The molecule has 0 spiro atoms. The van der Waals surface area contributed by atoms with E-state index in [1.807, 2.05) is 6.07 Å². The number of aliphatic hydroxyl groups is 1. The summed E-state index contributed by atoms with van der Waals surface area (Å²) in [6, 6.07) is 6.45. The van der Waals surface area contributed by atoms with E-state index in [0.717, 1.165) is 44.3 Å². The van der Waals surface area contributed by atoms with Crippen LogP contribution in [0.15, 0.2) is 18.2 Å². The average molecular weight is 258 g/mol. The number of hydrogen-bond acceptors (Lipinski definition) is 3. The van der Waals surface area contributed by atoms with Gasteiger partial charge in [-0.3, -0.25) is 0 Å². The van der Waals surface area contributed by atoms with Crippen molar-refractivity contribution in [3.63, 3.8) is 0 Å². The Morgan fingerprint density at radius 1 is 1.21 bits per heavy atom. The second kappa shape index (κ2) is 3.74. The molecule has 19 heavy (non-hydrogen) atoms. The minimum atomic E-state index is -0.565. The number of benzene rings is 1. The molecule has 1 heterocycles. The largest absolute Gasteiger partial charge is 0.398 e. The Hall–Kier alpha value is -1.06. The first kappa shape index (κ1) is 11.7. The third-order valence-corrected chi connectivity index (χ3v) is 5.90. The van der Waals surface area contributed by atoms with Crippen molar-refractivity contribution in [3.8, 4) is 0 Å². The summed E-state index contributed by atoms with van der Waals surface area (Å²) in [6.07, 6.45) is 6.32. The van der Waals surface area contributed by atoms with E-state index in [1.165, 1.54) is 17.5 Å². The number of rotatable bonds is 0. The van der Waals surface area contributed by atoms with Crippen LogP contribution in [0, 0.1) is 0 Å². The summed E-state index contributed by atoms with van der Waals surface area (Å²) in [5.74, 6) is 0. The van der Waals surface area contributed by atoms with E-state index in [-0.39, 0.29) is 11.5 Å². The zero-order valence-corrected chi connectivity index (χ0v) is 11.3. The average Bonchev–Trinajstić information content (AvgIpc) is 2.39. The van der Waals surface area contributed by atoms with E-state index >= 15 is 0 Å². The Bertz CT molecular complexity index is 525. The second-order valence-electron chi connectivity index (χ2n) is 6.55. The van der Waals surface area contributed by atoms with Crippen LogP contribution in [0.4, 0.5) is 5.69 Å². The maximum absolute atomic E-state index is 11.4. The molecule has 1 unspecified atom stereocenters. The van der Waals surface area contributed by atoms with Crippen LogP contribution in [0.2, 0.25) is 0 Å². The van der Waals surface area contributed by atoms with E-state index in [0.29, 0.717) is 0 Å². The van der Waals surface area contributed by atoms with E-state index in [4.69, 9.17) is 5.73 Å². The lowest BCUT2D eigenvalue weighted by molar-refractivity contribution is -0.124. The number of nitrogen functional groups attached to an aromatic ring is 1. The SMILES string of the molecule is Nc1cccc2c1C[C@H]1NCC[C@@]23CCCCC13O. The molecule has 3 nitrogen and oxygen atoms in total. The molecule has 3 aliphatic rings. The molecule has 0 radical (unpaired) electrons. The zero-order chi connectivity index (χ0) is 13.1. The molecule has 1 aliphatic heterocycles. The fourth-order valence-electron chi connectivity index (χ4n) is 4.98. The van der Waals surface area contributed by atoms with Gasteiger partial charge in [0.2, 0.25) is 0 Å². The molecule has 1 aromatic carbocycles. The van der Waals surface area contributed by atoms with Crippen LogP contribution < -0.4 is 11.1 Å². The number of fused-ring (bicyclic) bond motifs is 1. The number of hydrogen-bond donors (Lipinski definition) is 3. The number of nitrogens with one attached hydrogen (secondary N) is 1. The van der Waals surface area contributed by atoms with Crippen molar-refractivity contribution in [2.75, 3.05) is 12.3 Å². The molecule has 1 saturated heterocycles. The molecule has 0 aromatic heterocycles. The predicted octanol–water partition coefficient (Wildman–Crippen LogP) is 1.73. The molecule has 102 valence electrons. The van der Waals surface area contributed by atoms with Crippen LogP contribution in [0.5, 0.6) is 0 Å². The standard InChI is InChI=1S/C16H22N2O/c17-13-5-3-4-12-11(13)10-14-16(19)7-2-1-6-15(12,16)8-9-18-14/h3-5,14,18-19H,1-2,6-10,17H2/t14-,15+,16?/m1/s1.